The van der Waals surface area contributed by atoms with Crippen LogP contribution in [0.15, 0.2) is 12.1 Å². The van der Waals surface area contributed by atoms with Crippen molar-refractivity contribution in [2.24, 2.45) is 5.92 Å². The molecule has 4 heteroatoms. The van der Waals surface area contributed by atoms with Crippen molar-refractivity contribution in [1.82, 2.24) is 0 Å². The number of nitriles is 1. The summed E-state index contributed by atoms with van der Waals surface area (Å²) < 4.78 is 26.7. The van der Waals surface area contributed by atoms with Gasteiger partial charge in [0.2, 0.25) is 0 Å². The topological polar surface area (TPSA) is 35.8 Å². The second-order valence-electron chi connectivity index (χ2n) is 4.41. The Bertz CT molecular complexity index is 447. The molecule has 0 saturated heterocycles. The molecule has 17 heavy (non-hydrogen) atoms. The van der Waals surface area contributed by atoms with Gasteiger partial charge in [0.15, 0.2) is 11.6 Å². The third kappa shape index (κ3) is 2.94. The smallest absolute Gasteiger partial charge is 0.183 e. The fourth-order valence-electron chi connectivity index (χ4n) is 1.79. The van der Waals surface area contributed by atoms with Crippen molar-refractivity contribution in [3.63, 3.8) is 0 Å². The van der Waals surface area contributed by atoms with Crippen molar-refractivity contribution in [3.05, 3.63) is 29.3 Å². The van der Waals surface area contributed by atoms with E-state index in [1.165, 1.54) is 25.0 Å². The molecule has 1 fully saturated rings. The molecule has 2 rings (SSSR count). The normalized spacial score (nSPS) is 14.4. The predicted octanol–water partition coefficient (Wildman–Crippen LogP) is 3.44. The summed E-state index contributed by atoms with van der Waals surface area (Å²) in [5.74, 6) is -1.19. The summed E-state index contributed by atoms with van der Waals surface area (Å²) in [6.45, 7) is 0.638. The first-order valence-corrected chi connectivity index (χ1v) is 5.84. The van der Waals surface area contributed by atoms with E-state index in [2.05, 4.69) is 5.32 Å². The molecule has 1 N–H and O–H groups in total. The molecule has 2 nitrogen and oxygen atoms in total. The third-order valence-electron chi connectivity index (χ3n) is 3.00. The lowest BCUT2D eigenvalue weighted by molar-refractivity contribution is 0.508. The molecule has 0 aromatic heterocycles. The Kier molecular flexibility index (Phi) is 3.58. The Labute approximate surface area is 99.3 Å². The predicted molar refractivity (Wildman–Crippen MR) is 61.5 cm³/mol. The van der Waals surface area contributed by atoms with Crippen molar-refractivity contribution in [2.75, 3.05) is 11.9 Å². The standard InChI is InChI=1S/C13H14F2N2/c14-12-10(8-16)5-6-11(13(12)15)17-7-1-2-9-3-4-9/h5-6,9,17H,1-4,7H2. The summed E-state index contributed by atoms with van der Waals surface area (Å²) in [4.78, 5) is 0. The fourth-order valence-corrected chi connectivity index (χ4v) is 1.79. The van der Waals surface area contributed by atoms with E-state index in [-0.39, 0.29) is 11.3 Å². The molecule has 1 aliphatic carbocycles. The zero-order valence-electron chi connectivity index (χ0n) is 9.47. The van der Waals surface area contributed by atoms with E-state index in [9.17, 15) is 8.78 Å². The van der Waals surface area contributed by atoms with Crippen LogP contribution in [0.2, 0.25) is 0 Å². The quantitative estimate of drug-likeness (QED) is 0.795. The highest BCUT2D eigenvalue weighted by molar-refractivity contribution is 5.49. The summed E-state index contributed by atoms with van der Waals surface area (Å²) in [6, 6.07) is 4.32. The SMILES string of the molecule is N#Cc1ccc(NCCCC2CC2)c(F)c1F. The summed E-state index contributed by atoms with van der Waals surface area (Å²) in [5.41, 5.74) is -0.122. The van der Waals surface area contributed by atoms with E-state index in [1.54, 1.807) is 6.07 Å². The molecule has 0 aliphatic heterocycles. The fraction of sp³-hybridized carbons (Fsp3) is 0.462. The van der Waals surface area contributed by atoms with Crippen LogP contribution in [-0.4, -0.2) is 6.54 Å². The average molecular weight is 236 g/mol. The molecule has 1 aliphatic rings. The molecule has 1 saturated carbocycles. The first kappa shape index (κ1) is 11.8. The van der Waals surface area contributed by atoms with Crippen molar-refractivity contribution >= 4 is 5.69 Å². The van der Waals surface area contributed by atoms with Crippen LogP contribution >= 0.6 is 0 Å². The van der Waals surface area contributed by atoms with Crippen LogP contribution in [0.5, 0.6) is 0 Å². The average Bonchev–Trinajstić information content (AvgIpc) is 3.14. The van der Waals surface area contributed by atoms with Crippen LogP contribution in [0.3, 0.4) is 0 Å². The highest BCUT2D eigenvalue weighted by atomic mass is 19.2. The van der Waals surface area contributed by atoms with Gasteiger partial charge < -0.3 is 5.32 Å². The van der Waals surface area contributed by atoms with Crippen molar-refractivity contribution in [1.29, 1.82) is 5.26 Å². The van der Waals surface area contributed by atoms with Gasteiger partial charge in [0, 0.05) is 6.54 Å². The lowest BCUT2D eigenvalue weighted by Gasteiger charge is -2.08. The lowest BCUT2D eigenvalue weighted by atomic mass is 10.2. The second kappa shape index (κ2) is 5.13. The van der Waals surface area contributed by atoms with E-state index in [4.69, 9.17) is 5.26 Å². The maximum Gasteiger partial charge on any atom is 0.183 e. The van der Waals surface area contributed by atoms with Crippen LogP contribution in [0.4, 0.5) is 14.5 Å². The number of benzene rings is 1. The minimum absolute atomic E-state index is 0.136. The Morgan fingerprint density at radius 2 is 2.06 bits per heavy atom. The Balaban J connectivity index is 1.91. The third-order valence-corrected chi connectivity index (χ3v) is 3.00. The van der Waals surface area contributed by atoms with Crippen LogP contribution in [0, 0.1) is 28.9 Å². The number of nitrogens with zero attached hydrogens (tertiary/aromatic N) is 1. The minimum atomic E-state index is -1.07. The van der Waals surface area contributed by atoms with Gasteiger partial charge in [0.05, 0.1) is 11.3 Å². The second-order valence-corrected chi connectivity index (χ2v) is 4.41. The molecule has 0 amide bonds. The van der Waals surface area contributed by atoms with E-state index in [1.807, 2.05) is 0 Å². The monoisotopic (exact) mass is 236 g/mol. The van der Waals surface area contributed by atoms with Crippen molar-refractivity contribution in [3.8, 4) is 6.07 Å². The number of nitrogens with one attached hydrogen (secondary N) is 1. The Morgan fingerprint density at radius 1 is 1.29 bits per heavy atom. The van der Waals surface area contributed by atoms with Gasteiger partial charge in [-0.3, -0.25) is 0 Å². The molecule has 0 unspecified atom stereocenters. The summed E-state index contributed by atoms with van der Waals surface area (Å²) in [5, 5.41) is 11.4. The highest BCUT2D eigenvalue weighted by Gasteiger charge is 2.20. The molecule has 0 atom stereocenters. The van der Waals surface area contributed by atoms with Crippen LogP contribution in [0.1, 0.15) is 31.2 Å². The number of halogens is 2. The number of anilines is 1. The van der Waals surface area contributed by atoms with Crippen LogP contribution in [-0.2, 0) is 0 Å². The molecule has 1 aromatic rings. The Morgan fingerprint density at radius 3 is 2.71 bits per heavy atom. The highest BCUT2D eigenvalue weighted by Crippen LogP contribution is 2.33. The summed E-state index contributed by atoms with van der Waals surface area (Å²) in [6.07, 6.45) is 4.72. The van der Waals surface area contributed by atoms with Crippen molar-refractivity contribution < 1.29 is 8.78 Å². The molecule has 0 radical (unpaired) electrons. The molecular weight excluding hydrogens is 222 g/mol. The van der Waals surface area contributed by atoms with Gasteiger partial charge in [0.25, 0.3) is 0 Å². The number of hydrogen-bond donors (Lipinski definition) is 1. The molecule has 90 valence electrons. The first-order chi connectivity index (χ1) is 8.22. The van der Waals surface area contributed by atoms with Crippen LogP contribution < -0.4 is 5.32 Å². The van der Waals surface area contributed by atoms with Gasteiger partial charge in [-0.1, -0.05) is 12.8 Å². The number of rotatable bonds is 5. The largest absolute Gasteiger partial charge is 0.383 e. The van der Waals surface area contributed by atoms with E-state index < -0.39 is 11.6 Å². The molecule has 0 spiro atoms. The van der Waals surface area contributed by atoms with Crippen molar-refractivity contribution in [2.45, 2.75) is 25.7 Å². The van der Waals surface area contributed by atoms with Gasteiger partial charge in [-0.25, -0.2) is 8.78 Å². The van der Waals surface area contributed by atoms with Gasteiger partial charge >= 0.3 is 0 Å². The van der Waals surface area contributed by atoms with E-state index in [0.29, 0.717) is 6.54 Å². The molecule has 0 heterocycles. The van der Waals surface area contributed by atoms with Gasteiger partial charge in [-0.05, 0) is 30.9 Å². The molecule has 0 bridgehead atoms. The van der Waals surface area contributed by atoms with Crippen LogP contribution in [0.25, 0.3) is 0 Å². The summed E-state index contributed by atoms with van der Waals surface area (Å²) >= 11 is 0. The zero-order valence-corrected chi connectivity index (χ0v) is 9.47. The maximum absolute atomic E-state index is 13.5. The zero-order chi connectivity index (χ0) is 12.3. The van der Waals surface area contributed by atoms with E-state index in [0.717, 1.165) is 18.8 Å². The molecular formula is C13H14F2N2. The molecule has 1 aromatic carbocycles. The van der Waals surface area contributed by atoms with Gasteiger partial charge in [0.1, 0.15) is 6.07 Å². The lowest BCUT2D eigenvalue weighted by Crippen LogP contribution is -2.05. The van der Waals surface area contributed by atoms with E-state index >= 15 is 0 Å². The number of hydrogen-bond acceptors (Lipinski definition) is 2. The minimum Gasteiger partial charge on any atom is -0.383 e. The maximum atomic E-state index is 13.5. The van der Waals surface area contributed by atoms with Gasteiger partial charge in [-0.2, -0.15) is 5.26 Å². The first-order valence-electron chi connectivity index (χ1n) is 5.84. The Hall–Kier alpha value is -1.63. The van der Waals surface area contributed by atoms with Gasteiger partial charge in [-0.15, -0.1) is 0 Å². The summed E-state index contributed by atoms with van der Waals surface area (Å²) in [7, 11) is 0.